The van der Waals surface area contributed by atoms with Gasteiger partial charge in [0.2, 0.25) is 0 Å². The van der Waals surface area contributed by atoms with Gasteiger partial charge in [0.1, 0.15) is 5.75 Å². The molecule has 1 aromatic rings. The molecule has 21 heavy (non-hydrogen) atoms. The van der Waals surface area contributed by atoms with E-state index in [1.165, 1.54) is 37.7 Å². The number of pyridine rings is 1. The molecule has 3 nitrogen and oxygen atoms in total. The molecule has 1 fully saturated rings. The van der Waals surface area contributed by atoms with Crippen LogP contribution in [0, 0.1) is 11.8 Å². The molecule has 3 unspecified atom stereocenters. The second kappa shape index (κ2) is 8.38. The molecule has 1 heterocycles. The zero-order valence-electron chi connectivity index (χ0n) is 13.8. The average molecular weight is 290 g/mol. The maximum Gasteiger partial charge on any atom is 0.137 e. The van der Waals surface area contributed by atoms with Crippen molar-refractivity contribution in [2.45, 2.75) is 51.9 Å². The van der Waals surface area contributed by atoms with E-state index >= 15 is 0 Å². The highest BCUT2D eigenvalue weighted by molar-refractivity contribution is 5.27. The van der Waals surface area contributed by atoms with Crippen molar-refractivity contribution in [2.24, 2.45) is 11.8 Å². The Morgan fingerprint density at radius 2 is 2.14 bits per heavy atom. The summed E-state index contributed by atoms with van der Waals surface area (Å²) in [4.78, 5) is 4.37. The average Bonchev–Trinajstić information content (AvgIpc) is 2.54. The molecule has 0 spiro atoms. The minimum atomic E-state index is 0.622. The predicted molar refractivity (Wildman–Crippen MR) is 87.8 cm³/mol. The number of aromatic nitrogens is 1. The summed E-state index contributed by atoms with van der Waals surface area (Å²) in [6.45, 7) is 6.66. The van der Waals surface area contributed by atoms with Gasteiger partial charge in [-0.05, 0) is 55.3 Å². The summed E-state index contributed by atoms with van der Waals surface area (Å²) in [7, 11) is 1.72. The zero-order chi connectivity index (χ0) is 15.1. The molecule has 2 rings (SSSR count). The molecule has 0 aliphatic heterocycles. The van der Waals surface area contributed by atoms with Crippen LogP contribution in [0.4, 0.5) is 0 Å². The SMILES string of the molecule is CCCC1CCC(CNCC)C(c2cncc(OC)c2)C1. The van der Waals surface area contributed by atoms with Crippen molar-refractivity contribution in [3.8, 4) is 5.75 Å². The summed E-state index contributed by atoms with van der Waals surface area (Å²) >= 11 is 0. The second-order valence-electron chi connectivity index (χ2n) is 6.30. The van der Waals surface area contributed by atoms with Crippen molar-refractivity contribution in [1.82, 2.24) is 10.3 Å². The Morgan fingerprint density at radius 1 is 1.29 bits per heavy atom. The molecule has 1 aromatic heterocycles. The van der Waals surface area contributed by atoms with Gasteiger partial charge in [-0.1, -0.05) is 33.1 Å². The molecule has 1 N–H and O–H groups in total. The number of ether oxygens (including phenoxy) is 1. The van der Waals surface area contributed by atoms with Crippen LogP contribution in [0.5, 0.6) is 5.75 Å². The van der Waals surface area contributed by atoms with Crippen molar-refractivity contribution in [1.29, 1.82) is 0 Å². The fourth-order valence-electron chi connectivity index (χ4n) is 3.72. The van der Waals surface area contributed by atoms with E-state index in [1.807, 2.05) is 6.20 Å². The van der Waals surface area contributed by atoms with Gasteiger partial charge in [0, 0.05) is 6.20 Å². The summed E-state index contributed by atoms with van der Waals surface area (Å²) in [6, 6.07) is 2.19. The molecule has 1 saturated carbocycles. The lowest BCUT2D eigenvalue weighted by molar-refractivity contribution is 0.220. The lowest BCUT2D eigenvalue weighted by Gasteiger charge is -2.36. The largest absolute Gasteiger partial charge is 0.495 e. The lowest BCUT2D eigenvalue weighted by atomic mass is 9.70. The molecular weight excluding hydrogens is 260 g/mol. The van der Waals surface area contributed by atoms with E-state index in [1.54, 1.807) is 13.3 Å². The molecule has 1 aliphatic carbocycles. The van der Waals surface area contributed by atoms with E-state index in [0.29, 0.717) is 5.92 Å². The highest BCUT2D eigenvalue weighted by Gasteiger charge is 2.31. The third kappa shape index (κ3) is 4.44. The quantitative estimate of drug-likeness (QED) is 0.824. The Kier molecular flexibility index (Phi) is 6.50. The third-order valence-corrected chi connectivity index (χ3v) is 4.85. The van der Waals surface area contributed by atoms with E-state index in [2.05, 4.69) is 30.2 Å². The fourth-order valence-corrected chi connectivity index (χ4v) is 3.72. The van der Waals surface area contributed by atoms with Crippen LogP contribution in [-0.4, -0.2) is 25.2 Å². The van der Waals surface area contributed by atoms with Crippen molar-refractivity contribution >= 4 is 0 Å². The number of methoxy groups -OCH3 is 1. The molecule has 0 radical (unpaired) electrons. The van der Waals surface area contributed by atoms with Gasteiger partial charge in [-0.2, -0.15) is 0 Å². The standard InChI is InChI=1S/C18H30N2O/c1-4-6-14-7-8-15(11-19-5-2)18(9-14)16-10-17(21-3)13-20-12-16/h10,12-15,18-19H,4-9,11H2,1-3H3. The number of rotatable bonds is 7. The topological polar surface area (TPSA) is 34.2 Å². The van der Waals surface area contributed by atoms with E-state index in [4.69, 9.17) is 4.74 Å². The Hall–Kier alpha value is -1.09. The maximum atomic E-state index is 5.36. The van der Waals surface area contributed by atoms with Crippen LogP contribution < -0.4 is 10.1 Å². The first kappa shape index (κ1) is 16.3. The van der Waals surface area contributed by atoms with Gasteiger partial charge in [-0.25, -0.2) is 0 Å². The van der Waals surface area contributed by atoms with E-state index in [0.717, 1.165) is 30.7 Å². The molecule has 0 amide bonds. The minimum Gasteiger partial charge on any atom is -0.495 e. The first-order chi connectivity index (χ1) is 10.3. The van der Waals surface area contributed by atoms with Gasteiger partial charge in [0.15, 0.2) is 0 Å². The summed E-state index contributed by atoms with van der Waals surface area (Å²) in [6.07, 6.45) is 10.5. The van der Waals surface area contributed by atoms with Crippen molar-refractivity contribution in [3.63, 3.8) is 0 Å². The van der Waals surface area contributed by atoms with Gasteiger partial charge in [-0.3, -0.25) is 4.98 Å². The lowest BCUT2D eigenvalue weighted by Crippen LogP contribution is -2.32. The smallest absolute Gasteiger partial charge is 0.137 e. The summed E-state index contributed by atoms with van der Waals surface area (Å²) < 4.78 is 5.36. The summed E-state index contributed by atoms with van der Waals surface area (Å²) in [5.74, 6) is 3.11. The number of nitrogens with zero attached hydrogens (tertiary/aromatic N) is 1. The minimum absolute atomic E-state index is 0.622. The third-order valence-electron chi connectivity index (χ3n) is 4.85. The Labute approximate surface area is 129 Å². The van der Waals surface area contributed by atoms with Crippen LogP contribution in [0.2, 0.25) is 0 Å². The molecule has 1 aliphatic rings. The molecular formula is C18H30N2O. The van der Waals surface area contributed by atoms with Crippen LogP contribution in [0.1, 0.15) is 57.4 Å². The van der Waals surface area contributed by atoms with E-state index in [-0.39, 0.29) is 0 Å². The first-order valence-corrected chi connectivity index (χ1v) is 8.48. The molecule has 118 valence electrons. The summed E-state index contributed by atoms with van der Waals surface area (Å²) in [5.41, 5.74) is 1.36. The molecule has 0 bridgehead atoms. The Balaban J connectivity index is 2.14. The fraction of sp³-hybridized carbons (Fsp3) is 0.722. The van der Waals surface area contributed by atoms with Crippen LogP contribution in [0.15, 0.2) is 18.5 Å². The number of hydrogen-bond donors (Lipinski definition) is 1. The van der Waals surface area contributed by atoms with Crippen molar-refractivity contribution in [3.05, 3.63) is 24.0 Å². The van der Waals surface area contributed by atoms with Gasteiger partial charge >= 0.3 is 0 Å². The first-order valence-electron chi connectivity index (χ1n) is 8.48. The van der Waals surface area contributed by atoms with Gasteiger partial charge in [0.05, 0.1) is 13.3 Å². The Bertz CT molecular complexity index is 421. The van der Waals surface area contributed by atoms with Crippen molar-refractivity contribution < 1.29 is 4.74 Å². The maximum absolute atomic E-state index is 5.36. The van der Waals surface area contributed by atoms with Crippen LogP contribution in [-0.2, 0) is 0 Å². The van der Waals surface area contributed by atoms with Gasteiger partial charge in [0.25, 0.3) is 0 Å². The van der Waals surface area contributed by atoms with Crippen LogP contribution in [0.25, 0.3) is 0 Å². The van der Waals surface area contributed by atoms with Crippen molar-refractivity contribution in [2.75, 3.05) is 20.2 Å². The molecule has 3 atom stereocenters. The van der Waals surface area contributed by atoms with Crippen LogP contribution >= 0.6 is 0 Å². The van der Waals surface area contributed by atoms with Gasteiger partial charge < -0.3 is 10.1 Å². The molecule has 0 aromatic carbocycles. The zero-order valence-corrected chi connectivity index (χ0v) is 13.8. The molecule has 3 heteroatoms. The van der Waals surface area contributed by atoms with E-state index < -0.39 is 0 Å². The van der Waals surface area contributed by atoms with E-state index in [9.17, 15) is 0 Å². The summed E-state index contributed by atoms with van der Waals surface area (Å²) in [5, 5.41) is 3.54. The highest BCUT2D eigenvalue weighted by Crippen LogP contribution is 2.42. The monoisotopic (exact) mass is 290 g/mol. The predicted octanol–water partition coefficient (Wildman–Crippen LogP) is 4.00. The highest BCUT2D eigenvalue weighted by atomic mass is 16.5. The van der Waals surface area contributed by atoms with Crippen LogP contribution in [0.3, 0.4) is 0 Å². The normalized spacial score (nSPS) is 25.8. The molecule has 0 saturated heterocycles. The number of nitrogens with one attached hydrogen (secondary N) is 1. The second-order valence-corrected chi connectivity index (χ2v) is 6.30. The Morgan fingerprint density at radius 3 is 2.86 bits per heavy atom. The number of hydrogen-bond acceptors (Lipinski definition) is 3. The van der Waals surface area contributed by atoms with Gasteiger partial charge in [-0.15, -0.1) is 0 Å².